The van der Waals surface area contributed by atoms with E-state index in [0.29, 0.717) is 18.0 Å². The highest BCUT2D eigenvalue weighted by Gasteiger charge is 2.40. The number of methoxy groups -OCH3 is 1. The van der Waals surface area contributed by atoms with Gasteiger partial charge in [0.1, 0.15) is 0 Å². The molecule has 3 heteroatoms. The van der Waals surface area contributed by atoms with E-state index in [9.17, 15) is 4.79 Å². The van der Waals surface area contributed by atoms with Crippen molar-refractivity contribution in [1.82, 2.24) is 0 Å². The molecule has 110 valence electrons. The number of benzene rings is 1. The lowest BCUT2D eigenvalue weighted by molar-refractivity contribution is -0.120. The Morgan fingerprint density at radius 3 is 2.25 bits per heavy atom. The summed E-state index contributed by atoms with van der Waals surface area (Å²) in [7, 11) is 1.64. The van der Waals surface area contributed by atoms with Crippen LogP contribution in [0.5, 0.6) is 11.5 Å². The van der Waals surface area contributed by atoms with Crippen molar-refractivity contribution in [3.8, 4) is 11.5 Å². The Kier molecular flexibility index (Phi) is 3.57. The topological polar surface area (TPSA) is 35.5 Å². The first-order valence-corrected chi connectivity index (χ1v) is 7.07. The lowest BCUT2D eigenvalue weighted by atomic mass is 9.62. The van der Waals surface area contributed by atoms with E-state index < -0.39 is 0 Å². The molecule has 0 saturated heterocycles. The molecule has 0 radical (unpaired) electrons. The second kappa shape index (κ2) is 4.80. The first kappa shape index (κ1) is 14.9. The maximum Gasteiger partial charge on any atom is 0.298 e. The van der Waals surface area contributed by atoms with Crippen LogP contribution in [0.2, 0.25) is 0 Å². The fraction of sp³-hybridized carbons (Fsp3) is 0.588. The molecule has 0 atom stereocenters. The van der Waals surface area contributed by atoms with Gasteiger partial charge in [-0.15, -0.1) is 0 Å². The fourth-order valence-electron chi connectivity index (χ4n) is 3.25. The summed E-state index contributed by atoms with van der Waals surface area (Å²) in [6, 6.07) is 2.15. The third-order valence-electron chi connectivity index (χ3n) is 4.57. The molecule has 0 unspecified atom stereocenters. The molecule has 2 rings (SSSR count). The number of fused-ring (bicyclic) bond motifs is 1. The Labute approximate surface area is 121 Å². The first-order chi connectivity index (χ1) is 9.24. The van der Waals surface area contributed by atoms with E-state index in [0.717, 1.165) is 18.4 Å². The Morgan fingerprint density at radius 1 is 1.10 bits per heavy atom. The van der Waals surface area contributed by atoms with Crippen molar-refractivity contribution in [2.45, 2.75) is 58.3 Å². The van der Waals surface area contributed by atoms with E-state index in [1.807, 2.05) is 6.92 Å². The molecule has 1 aliphatic carbocycles. The molecule has 0 heterocycles. The lowest BCUT2D eigenvalue weighted by Gasteiger charge is -2.43. The highest BCUT2D eigenvalue weighted by atomic mass is 16.5. The summed E-state index contributed by atoms with van der Waals surface area (Å²) < 4.78 is 10.8. The van der Waals surface area contributed by atoms with E-state index >= 15 is 0 Å². The summed E-state index contributed by atoms with van der Waals surface area (Å²) in [4.78, 5) is 10.8. The van der Waals surface area contributed by atoms with Gasteiger partial charge in [-0.1, -0.05) is 33.8 Å². The van der Waals surface area contributed by atoms with Crippen LogP contribution in [0.3, 0.4) is 0 Å². The molecular formula is C17H24O3. The average Bonchev–Trinajstić information content (AvgIpc) is 2.36. The number of ether oxygens (including phenoxy) is 2. The first-order valence-electron chi connectivity index (χ1n) is 7.07. The van der Waals surface area contributed by atoms with Crippen LogP contribution in [-0.2, 0) is 15.6 Å². The van der Waals surface area contributed by atoms with Crippen molar-refractivity contribution in [3.05, 3.63) is 22.8 Å². The number of aryl methyl sites for hydroxylation is 1. The molecule has 0 spiro atoms. The van der Waals surface area contributed by atoms with Gasteiger partial charge in [0.25, 0.3) is 6.47 Å². The normalized spacial score (nSPS) is 19.1. The maximum atomic E-state index is 10.8. The van der Waals surface area contributed by atoms with Gasteiger partial charge in [0, 0.05) is 5.56 Å². The smallest absolute Gasteiger partial charge is 0.298 e. The van der Waals surface area contributed by atoms with Crippen LogP contribution in [-0.4, -0.2) is 13.6 Å². The molecule has 0 fully saturated rings. The molecular weight excluding hydrogens is 252 g/mol. The zero-order valence-corrected chi connectivity index (χ0v) is 13.3. The quantitative estimate of drug-likeness (QED) is 0.786. The summed E-state index contributed by atoms with van der Waals surface area (Å²) in [5, 5.41) is 0. The highest BCUT2D eigenvalue weighted by molar-refractivity contribution is 5.63. The predicted octanol–water partition coefficient (Wildman–Crippen LogP) is 3.89. The summed E-state index contributed by atoms with van der Waals surface area (Å²) in [5.41, 5.74) is 3.56. The van der Waals surface area contributed by atoms with Crippen molar-refractivity contribution >= 4 is 6.47 Å². The summed E-state index contributed by atoms with van der Waals surface area (Å²) in [6.07, 6.45) is 2.23. The van der Waals surface area contributed by atoms with Crippen molar-refractivity contribution in [1.29, 1.82) is 0 Å². The Morgan fingerprint density at radius 2 is 1.70 bits per heavy atom. The molecule has 1 aliphatic rings. The largest absolute Gasteiger partial charge is 0.493 e. The van der Waals surface area contributed by atoms with Crippen LogP contribution in [0, 0.1) is 6.92 Å². The van der Waals surface area contributed by atoms with Gasteiger partial charge in [-0.25, -0.2) is 0 Å². The van der Waals surface area contributed by atoms with Gasteiger partial charge in [-0.05, 0) is 41.7 Å². The summed E-state index contributed by atoms with van der Waals surface area (Å²) >= 11 is 0. The molecule has 1 aromatic rings. The van der Waals surface area contributed by atoms with Crippen molar-refractivity contribution in [2.24, 2.45) is 0 Å². The average molecular weight is 276 g/mol. The van der Waals surface area contributed by atoms with Gasteiger partial charge in [0.05, 0.1) is 7.11 Å². The van der Waals surface area contributed by atoms with Gasteiger partial charge < -0.3 is 9.47 Å². The van der Waals surface area contributed by atoms with Crippen LogP contribution < -0.4 is 9.47 Å². The number of hydrogen-bond acceptors (Lipinski definition) is 3. The zero-order valence-electron chi connectivity index (χ0n) is 13.3. The molecule has 20 heavy (non-hydrogen) atoms. The Bertz CT molecular complexity index is 542. The number of carbonyl (C=O) groups is 1. The standard InChI is InChI=1S/C17H24O3/c1-11-9-12-13(15(19-6)14(11)20-10-18)17(4,5)8-7-16(12,2)3/h9-10H,7-8H2,1-6H3. The molecule has 0 N–H and O–H groups in total. The van der Waals surface area contributed by atoms with E-state index in [2.05, 4.69) is 33.8 Å². The summed E-state index contributed by atoms with van der Waals surface area (Å²) in [6.45, 7) is 11.4. The predicted molar refractivity (Wildman–Crippen MR) is 79.7 cm³/mol. The fourth-order valence-corrected chi connectivity index (χ4v) is 3.25. The van der Waals surface area contributed by atoms with E-state index in [-0.39, 0.29) is 10.8 Å². The Balaban J connectivity index is 2.82. The van der Waals surface area contributed by atoms with Gasteiger partial charge in [0.2, 0.25) is 0 Å². The zero-order chi connectivity index (χ0) is 15.1. The van der Waals surface area contributed by atoms with E-state index in [1.165, 1.54) is 11.1 Å². The molecule has 0 amide bonds. The minimum atomic E-state index is 0.0187. The van der Waals surface area contributed by atoms with Crippen LogP contribution in [0.4, 0.5) is 0 Å². The minimum Gasteiger partial charge on any atom is -0.493 e. The van der Waals surface area contributed by atoms with Gasteiger partial charge >= 0.3 is 0 Å². The van der Waals surface area contributed by atoms with Gasteiger partial charge in [-0.3, -0.25) is 4.79 Å². The van der Waals surface area contributed by atoms with Crippen LogP contribution >= 0.6 is 0 Å². The van der Waals surface area contributed by atoms with Gasteiger partial charge in [0.15, 0.2) is 11.5 Å². The third kappa shape index (κ3) is 2.19. The van der Waals surface area contributed by atoms with E-state index in [4.69, 9.17) is 9.47 Å². The Hall–Kier alpha value is -1.51. The summed E-state index contributed by atoms with van der Waals surface area (Å²) in [5.74, 6) is 1.26. The SMILES string of the molecule is COc1c(OC=O)c(C)cc2c1C(C)(C)CCC2(C)C. The van der Waals surface area contributed by atoms with Crippen molar-refractivity contribution in [2.75, 3.05) is 7.11 Å². The molecule has 0 bridgehead atoms. The second-order valence-electron chi connectivity index (χ2n) is 6.96. The molecule has 3 nitrogen and oxygen atoms in total. The highest BCUT2D eigenvalue weighted by Crippen LogP contribution is 2.52. The van der Waals surface area contributed by atoms with Crippen molar-refractivity contribution < 1.29 is 14.3 Å². The molecule has 1 aromatic carbocycles. The second-order valence-corrected chi connectivity index (χ2v) is 6.96. The van der Waals surface area contributed by atoms with Gasteiger partial charge in [-0.2, -0.15) is 0 Å². The van der Waals surface area contributed by atoms with Crippen LogP contribution in [0.15, 0.2) is 6.07 Å². The van der Waals surface area contributed by atoms with E-state index in [1.54, 1.807) is 7.11 Å². The lowest BCUT2D eigenvalue weighted by Crippen LogP contribution is -2.34. The van der Waals surface area contributed by atoms with Crippen LogP contribution in [0.25, 0.3) is 0 Å². The number of carbonyl (C=O) groups excluding carboxylic acids is 1. The third-order valence-corrected chi connectivity index (χ3v) is 4.57. The number of rotatable bonds is 3. The van der Waals surface area contributed by atoms with Crippen molar-refractivity contribution in [3.63, 3.8) is 0 Å². The number of hydrogen-bond donors (Lipinski definition) is 0. The monoisotopic (exact) mass is 276 g/mol. The molecule has 0 aromatic heterocycles. The molecule has 0 saturated carbocycles. The minimum absolute atomic E-state index is 0.0187. The van der Waals surface area contributed by atoms with Crippen LogP contribution in [0.1, 0.15) is 57.2 Å². The molecule has 0 aliphatic heterocycles. The maximum absolute atomic E-state index is 10.8.